The van der Waals surface area contributed by atoms with E-state index in [-0.39, 0.29) is 22.1 Å². The third-order valence-corrected chi connectivity index (χ3v) is 5.54. The Morgan fingerprint density at radius 3 is 2.52 bits per heavy atom. The van der Waals surface area contributed by atoms with Crippen molar-refractivity contribution in [2.45, 2.75) is 13.8 Å². The number of rotatable bonds is 5. The Bertz CT molecular complexity index is 1230. The fraction of sp³-hybridized carbons (Fsp3) is 0.0909. The Morgan fingerprint density at radius 2 is 1.84 bits per heavy atom. The molecule has 0 aliphatic rings. The summed E-state index contributed by atoms with van der Waals surface area (Å²) < 4.78 is 0. The van der Waals surface area contributed by atoms with Crippen molar-refractivity contribution < 1.29 is 14.8 Å². The summed E-state index contributed by atoms with van der Waals surface area (Å²) in [5.74, 6) is -0.877. The second kappa shape index (κ2) is 9.16. The van der Waals surface area contributed by atoms with Gasteiger partial charge in [0, 0.05) is 23.0 Å². The van der Waals surface area contributed by atoms with E-state index in [9.17, 15) is 20.0 Å². The van der Waals surface area contributed by atoms with Crippen LogP contribution in [0.1, 0.15) is 27.0 Å². The number of halogens is 2. The highest BCUT2D eigenvalue weighted by Gasteiger charge is 2.25. The minimum Gasteiger partial charge on any atom is -0.502 e. The molecule has 0 bridgehead atoms. The van der Waals surface area contributed by atoms with Gasteiger partial charge in [0.05, 0.1) is 26.2 Å². The summed E-state index contributed by atoms with van der Waals surface area (Å²) >= 11 is 12.3. The number of nitrogens with zero attached hydrogens (tertiary/aromatic N) is 2. The summed E-state index contributed by atoms with van der Waals surface area (Å²) in [5.41, 5.74) is 1.60. The molecule has 2 N–H and O–H groups in total. The summed E-state index contributed by atoms with van der Waals surface area (Å²) in [4.78, 5) is 27.4. The van der Waals surface area contributed by atoms with Crippen LogP contribution >= 0.6 is 23.2 Å². The van der Waals surface area contributed by atoms with Gasteiger partial charge in [-0.15, -0.1) is 0 Å². The van der Waals surface area contributed by atoms with Crippen LogP contribution < -0.4 is 5.32 Å². The Balaban J connectivity index is 1.91. The average molecular weight is 458 g/mol. The van der Waals surface area contributed by atoms with E-state index in [4.69, 9.17) is 23.2 Å². The number of carbonyl (C=O) groups excluding carboxylic acids is 1. The number of amides is 1. The molecule has 7 nitrogen and oxygen atoms in total. The number of aromatic hydroxyl groups is 1. The van der Waals surface area contributed by atoms with Crippen LogP contribution in [0.5, 0.6) is 5.75 Å². The van der Waals surface area contributed by atoms with Gasteiger partial charge in [-0.2, -0.15) is 0 Å². The number of nitrogens with one attached hydrogen (secondary N) is 1. The zero-order valence-electron chi connectivity index (χ0n) is 16.5. The maximum atomic E-state index is 12.4. The van der Waals surface area contributed by atoms with Gasteiger partial charge >= 0.3 is 5.69 Å². The first-order valence-corrected chi connectivity index (χ1v) is 9.82. The lowest BCUT2D eigenvalue weighted by Gasteiger charge is -2.10. The smallest absolute Gasteiger partial charge is 0.315 e. The van der Waals surface area contributed by atoms with E-state index in [0.29, 0.717) is 27.5 Å². The first-order chi connectivity index (χ1) is 14.7. The van der Waals surface area contributed by atoms with Gasteiger partial charge in [0.2, 0.25) is 5.75 Å². The molecule has 0 spiro atoms. The molecule has 0 aromatic heterocycles. The number of aliphatic imine (C=N–C) groups is 1. The zero-order chi connectivity index (χ0) is 22.7. The van der Waals surface area contributed by atoms with Gasteiger partial charge in [0.25, 0.3) is 5.91 Å². The molecule has 0 unspecified atom stereocenters. The molecule has 31 heavy (non-hydrogen) atoms. The van der Waals surface area contributed by atoms with Crippen molar-refractivity contribution in [2.24, 2.45) is 4.99 Å². The molecule has 0 fully saturated rings. The third-order valence-electron chi connectivity index (χ3n) is 4.64. The molecule has 3 rings (SSSR count). The molecule has 0 saturated heterocycles. The summed E-state index contributed by atoms with van der Waals surface area (Å²) in [6.07, 6.45) is 1.30. The molecule has 0 radical (unpaired) electrons. The van der Waals surface area contributed by atoms with Gasteiger partial charge in [0.15, 0.2) is 0 Å². The van der Waals surface area contributed by atoms with E-state index < -0.39 is 16.4 Å². The molecule has 0 aliphatic heterocycles. The van der Waals surface area contributed by atoms with E-state index in [1.807, 2.05) is 0 Å². The first kappa shape index (κ1) is 22.3. The lowest BCUT2D eigenvalue weighted by atomic mass is 10.0. The molecule has 0 heterocycles. The molecule has 9 heteroatoms. The van der Waals surface area contributed by atoms with E-state index in [2.05, 4.69) is 10.3 Å². The monoisotopic (exact) mass is 457 g/mol. The van der Waals surface area contributed by atoms with E-state index in [0.717, 1.165) is 0 Å². The second-order valence-electron chi connectivity index (χ2n) is 6.67. The normalized spacial score (nSPS) is 11.0. The van der Waals surface area contributed by atoms with Crippen LogP contribution in [0.3, 0.4) is 0 Å². The van der Waals surface area contributed by atoms with Crippen LogP contribution in [0, 0.1) is 24.0 Å². The summed E-state index contributed by atoms with van der Waals surface area (Å²) in [6, 6.07) is 13.3. The lowest BCUT2D eigenvalue weighted by molar-refractivity contribution is -0.386. The van der Waals surface area contributed by atoms with Crippen molar-refractivity contribution in [1.82, 2.24) is 0 Å². The van der Waals surface area contributed by atoms with E-state index in [1.165, 1.54) is 13.1 Å². The Kier molecular flexibility index (Phi) is 6.58. The quantitative estimate of drug-likeness (QED) is 0.269. The highest BCUT2D eigenvalue weighted by atomic mass is 35.5. The first-order valence-electron chi connectivity index (χ1n) is 9.06. The van der Waals surface area contributed by atoms with Crippen LogP contribution in [0.15, 0.2) is 53.5 Å². The van der Waals surface area contributed by atoms with Crippen LogP contribution in [0.4, 0.5) is 17.1 Å². The van der Waals surface area contributed by atoms with Gasteiger partial charge in [-0.05, 0) is 49.7 Å². The molecule has 0 atom stereocenters. The number of nitro benzene ring substituents is 1. The topological polar surface area (TPSA) is 105 Å². The lowest BCUT2D eigenvalue weighted by Crippen LogP contribution is -2.12. The van der Waals surface area contributed by atoms with Gasteiger partial charge in [-0.1, -0.05) is 41.4 Å². The van der Waals surface area contributed by atoms with Crippen LogP contribution in [-0.4, -0.2) is 22.2 Å². The van der Waals surface area contributed by atoms with E-state index >= 15 is 0 Å². The van der Waals surface area contributed by atoms with Crippen LogP contribution in [-0.2, 0) is 0 Å². The summed E-state index contributed by atoms with van der Waals surface area (Å²) in [6.45, 7) is 3.11. The summed E-state index contributed by atoms with van der Waals surface area (Å²) in [7, 11) is 0. The predicted molar refractivity (Wildman–Crippen MR) is 122 cm³/mol. The second-order valence-corrected chi connectivity index (χ2v) is 7.46. The van der Waals surface area contributed by atoms with Crippen LogP contribution in [0.25, 0.3) is 0 Å². The van der Waals surface area contributed by atoms with Gasteiger partial charge < -0.3 is 10.4 Å². The molecular formula is C22H17Cl2N3O4. The maximum absolute atomic E-state index is 12.4. The van der Waals surface area contributed by atoms with Crippen molar-refractivity contribution >= 4 is 52.4 Å². The Labute approximate surface area is 188 Å². The number of phenolic OH excluding ortho intramolecular Hbond substituents is 1. The van der Waals surface area contributed by atoms with Crippen molar-refractivity contribution in [1.29, 1.82) is 0 Å². The molecule has 3 aromatic rings. The highest BCUT2D eigenvalue weighted by Crippen LogP contribution is 2.40. The van der Waals surface area contributed by atoms with Gasteiger partial charge in [-0.3, -0.25) is 19.9 Å². The van der Waals surface area contributed by atoms with Crippen molar-refractivity contribution in [3.05, 3.63) is 90.9 Å². The fourth-order valence-corrected chi connectivity index (χ4v) is 3.43. The molecule has 1 amide bonds. The van der Waals surface area contributed by atoms with Crippen LogP contribution in [0.2, 0.25) is 10.0 Å². The highest BCUT2D eigenvalue weighted by molar-refractivity contribution is 6.34. The molecule has 0 saturated carbocycles. The molecule has 3 aromatic carbocycles. The summed E-state index contributed by atoms with van der Waals surface area (Å²) in [5, 5.41) is 25.0. The molecule has 158 valence electrons. The average Bonchev–Trinajstić information content (AvgIpc) is 2.72. The number of anilines is 1. The fourth-order valence-electron chi connectivity index (χ4n) is 3.01. The standard InChI is InChI=1S/C22H17Cl2N3O4/c1-12-17(21(28)20(27(30)31)13(2)19(12)24)11-25-14-6-5-7-15(10-14)26-22(29)16-8-3-4-9-18(16)23/h3-11,28H,1-2H3,(H,26,29). The molecule has 0 aliphatic carbocycles. The third kappa shape index (κ3) is 4.68. The Morgan fingerprint density at radius 1 is 1.13 bits per heavy atom. The van der Waals surface area contributed by atoms with Gasteiger partial charge in [-0.25, -0.2) is 0 Å². The number of nitro groups is 1. The van der Waals surface area contributed by atoms with Crippen molar-refractivity contribution in [2.75, 3.05) is 5.32 Å². The predicted octanol–water partition coefficient (Wildman–Crippen LogP) is 6.23. The minimum absolute atomic E-state index is 0.146. The number of carbonyl (C=O) groups is 1. The number of benzene rings is 3. The Hall–Kier alpha value is -3.42. The SMILES string of the molecule is Cc1c(Cl)c(C)c([N+](=O)[O-])c(O)c1C=Nc1cccc(NC(=O)c2ccccc2Cl)c1. The minimum atomic E-state index is -0.682. The van der Waals surface area contributed by atoms with E-state index in [1.54, 1.807) is 55.5 Å². The number of phenols is 1. The number of hydrogen-bond donors (Lipinski definition) is 2. The molecular weight excluding hydrogens is 441 g/mol. The zero-order valence-corrected chi connectivity index (χ0v) is 18.0. The van der Waals surface area contributed by atoms with Crippen molar-refractivity contribution in [3.63, 3.8) is 0 Å². The van der Waals surface area contributed by atoms with Gasteiger partial charge in [0.1, 0.15) is 0 Å². The van der Waals surface area contributed by atoms with Crippen molar-refractivity contribution in [3.8, 4) is 5.75 Å². The number of hydrogen-bond acceptors (Lipinski definition) is 5. The largest absolute Gasteiger partial charge is 0.502 e. The maximum Gasteiger partial charge on any atom is 0.315 e.